The molecule has 0 spiro atoms. The molecule has 11 aromatic carbocycles. The Bertz CT molecular complexity index is 3880. The zero-order valence-electron chi connectivity index (χ0n) is 40.4. The first-order valence-corrected chi connectivity index (χ1v) is 27.2. The maximum absolute atomic E-state index is 5.06. The predicted octanol–water partition coefficient (Wildman–Crippen LogP) is 14.9. The van der Waals surface area contributed by atoms with Gasteiger partial charge in [0.1, 0.15) is 0 Å². The minimum atomic E-state index is -2.90. The van der Waals surface area contributed by atoms with Crippen molar-refractivity contribution in [1.29, 1.82) is 0 Å². The molecular weight excluding hydrogens is 899 g/mol. The zero-order chi connectivity index (χ0) is 48.7. The number of para-hydroxylation sites is 2. The Morgan fingerprint density at radius 1 is 0.438 bits per heavy atom. The van der Waals surface area contributed by atoms with Crippen molar-refractivity contribution >= 4 is 89.7 Å². The summed E-state index contributed by atoms with van der Waals surface area (Å²) in [7, 11) is -2.90. The molecule has 2 heterocycles. The Hall–Kier alpha value is -9.22. The standard InChI is InChI=1S/C69H51N3Si/c1-50-48-57(29-21-47-70(54-25-10-3-11-26-54)64-44-42-61(49-63(50)64)73(58-30-14-5-15-31-58,59-32-16-6-17-33-59)60-34-18-7-19-35-60)71(56-40-37-52(38-41-56)51-22-8-2-9-23-51)65-45-46-67-69-62(65)43-39-53-24-20-36-66(68(53)69)72(67)55-27-12-4-13-28-55/h2-46,48-49H,1,47H2/b29-21-,57-48+. The summed E-state index contributed by atoms with van der Waals surface area (Å²) in [6.07, 6.45) is 6.94. The van der Waals surface area contributed by atoms with Crippen LogP contribution in [0.25, 0.3) is 55.0 Å². The number of hydrogen-bond donors (Lipinski definition) is 0. The van der Waals surface area contributed by atoms with E-state index >= 15 is 0 Å². The molecule has 0 radical (unpaired) electrons. The average molecular weight is 950 g/mol. The number of benzene rings is 11. The minimum absolute atomic E-state index is 0.639. The first kappa shape index (κ1) is 43.8. The Morgan fingerprint density at radius 2 is 1.00 bits per heavy atom. The van der Waals surface area contributed by atoms with Gasteiger partial charge in [0.25, 0.3) is 0 Å². The second-order valence-electron chi connectivity index (χ2n) is 18.9. The van der Waals surface area contributed by atoms with Gasteiger partial charge in [0.05, 0.1) is 16.7 Å². The molecule has 0 bridgehead atoms. The lowest BCUT2D eigenvalue weighted by molar-refractivity contribution is 1.09. The fraction of sp³-hybridized carbons (Fsp3) is 0.0145. The van der Waals surface area contributed by atoms with E-state index in [1.165, 1.54) is 64.5 Å². The third kappa shape index (κ3) is 7.51. The lowest BCUT2D eigenvalue weighted by Gasteiger charge is -2.35. The predicted molar refractivity (Wildman–Crippen MR) is 313 cm³/mol. The van der Waals surface area contributed by atoms with Gasteiger partial charge in [-0.2, -0.15) is 0 Å². The second-order valence-corrected chi connectivity index (χ2v) is 22.7. The van der Waals surface area contributed by atoms with E-state index in [0.717, 1.165) is 45.3 Å². The van der Waals surface area contributed by atoms with Crippen LogP contribution in [0.5, 0.6) is 0 Å². The molecule has 12 aromatic rings. The molecule has 0 fully saturated rings. The first-order valence-electron chi connectivity index (χ1n) is 25.2. The lowest BCUT2D eigenvalue weighted by atomic mass is 9.99. The summed E-state index contributed by atoms with van der Waals surface area (Å²) >= 11 is 0. The molecule has 0 saturated heterocycles. The summed E-state index contributed by atoms with van der Waals surface area (Å²) in [4.78, 5) is 4.89. The van der Waals surface area contributed by atoms with Crippen molar-refractivity contribution in [1.82, 2.24) is 4.57 Å². The molecule has 13 rings (SSSR count). The van der Waals surface area contributed by atoms with Gasteiger partial charge in [-0.1, -0.05) is 219 Å². The van der Waals surface area contributed by atoms with Crippen molar-refractivity contribution in [3.63, 3.8) is 0 Å². The molecule has 1 aromatic heterocycles. The quantitative estimate of drug-likeness (QED) is 0.0769. The Kier molecular flexibility index (Phi) is 11.1. The molecule has 346 valence electrons. The van der Waals surface area contributed by atoms with Gasteiger partial charge >= 0.3 is 0 Å². The van der Waals surface area contributed by atoms with Crippen LogP contribution < -0.4 is 30.5 Å². The molecule has 73 heavy (non-hydrogen) atoms. The molecule has 1 aliphatic rings. The van der Waals surface area contributed by atoms with Crippen LogP contribution in [0.15, 0.2) is 297 Å². The zero-order valence-corrected chi connectivity index (χ0v) is 41.4. The van der Waals surface area contributed by atoms with Gasteiger partial charge in [0.2, 0.25) is 0 Å². The summed E-state index contributed by atoms with van der Waals surface area (Å²) in [5.41, 5.74) is 13.3. The van der Waals surface area contributed by atoms with Gasteiger partial charge < -0.3 is 14.4 Å². The summed E-state index contributed by atoms with van der Waals surface area (Å²) in [5, 5.41) is 10.2. The van der Waals surface area contributed by atoms with Gasteiger partial charge in [-0.15, -0.1) is 0 Å². The van der Waals surface area contributed by atoms with Crippen LogP contribution in [0.4, 0.5) is 22.7 Å². The highest BCUT2D eigenvalue weighted by molar-refractivity contribution is 7.19. The molecule has 3 nitrogen and oxygen atoms in total. The van der Waals surface area contributed by atoms with Gasteiger partial charge in [-0.3, -0.25) is 0 Å². The highest BCUT2D eigenvalue weighted by Gasteiger charge is 2.42. The summed E-state index contributed by atoms with van der Waals surface area (Å²) in [6, 6.07) is 98.0. The van der Waals surface area contributed by atoms with Crippen LogP contribution in [0.2, 0.25) is 0 Å². The van der Waals surface area contributed by atoms with Crippen molar-refractivity contribution in [3.05, 3.63) is 303 Å². The molecule has 0 atom stereocenters. The van der Waals surface area contributed by atoms with E-state index in [-0.39, 0.29) is 0 Å². The average Bonchev–Trinajstić information content (AvgIpc) is 3.84. The maximum Gasteiger partial charge on any atom is 0.179 e. The minimum Gasteiger partial charge on any atom is -0.337 e. The molecule has 4 heteroatoms. The number of aromatic nitrogens is 1. The van der Waals surface area contributed by atoms with Gasteiger partial charge in [0, 0.05) is 56.7 Å². The molecular formula is C69H51N3Si. The number of anilines is 4. The lowest BCUT2D eigenvalue weighted by Crippen LogP contribution is -2.74. The van der Waals surface area contributed by atoms with Crippen LogP contribution in [-0.2, 0) is 0 Å². The van der Waals surface area contributed by atoms with Gasteiger partial charge in [0.15, 0.2) is 8.07 Å². The fourth-order valence-corrected chi connectivity index (χ4v) is 16.4. The fourth-order valence-electron chi connectivity index (χ4n) is 11.6. The van der Waals surface area contributed by atoms with Crippen LogP contribution in [0, 0.1) is 0 Å². The second kappa shape index (κ2) is 18.5. The Balaban J connectivity index is 1.06. The molecule has 0 N–H and O–H groups in total. The SMILES string of the molecule is C=C1/C=C(N(c2ccc(-c3ccccc3)cc2)c2ccc3c4c2ccc2cccc(c24)n3-c2ccccc2)\C=C/CN(c2ccccc2)c2ccc([Si](c3ccccc3)(c3ccccc3)c3ccccc3)cc21. The van der Waals surface area contributed by atoms with Crippen molar-refractivity contribution in [2.45, 2.75) is 0 Å². The van der Waals surface area contributed by atoms with Crippen molar-refractivity contribution < 1.29 is 0 Å². The van der Waals surface area contributed by atoms with Crippen LogP contribution in [0.3, 0.4) is 0 Å². The summed E-state index contributed by atoms with van der Waals surface area (Å²) in [6.45, 7) is 5.70. The molecule has 0 amide bonds. The van der Waals surface area contributed by atoms with E-state index in [0.29, 0.717) is 6.54 Å². The van der Waals surface area contributed by atoms with E-state index < -0.39 is 8.07 Å². The van der Waals surface area contributed by atoms with Crippen LogP contribution in [0.1, 0.15) is 5.56 Å². The monoisotopic (exact) mass is 949 g/mol. The number of fused-ring (bicyclic) bond motifs is 1. The van der Waals surface area contributed by atoms with E-state index in [2.05, 4.69) is 300 Å². The van der Waals surface area contributed by atoms with Crippen molar-refractivity contribution in [3.8, 4) is 16.8 Å². The summed E-state index contributed by atoms with van der Waals surface area (Å²) in [5.74, 6) is 0. The third-order valence-electron chi connectivity index (χ3n) is 14.8. The number of hydrogen-bond acceptors (Lipinski definition) is 2. The molecule has 0 unspecified atom stereocenters. The number of nitrogens with zero attached hydrogens (tertiary/aromatic N) is 3. The Morgan fingerprint density at radius 3 is 1.63 bits per heavy atom. The van der Waals surface area contributed by atoms with E-state index in [9.17, 15) is 0 Å². The molecule has 1 aliphatic heterocycles. The maximum atomic E-state index is 5.06. The highest BCUT2D eigenvalue weighted by Crippen LogP contribution is 2.46. The smallest absolute Gasteiger partial charge is 0.179 e. The van der Waals surface area contributed by atoms with Crippen molar-refractivity contribution in [2.75, 3.05) is 16.3 Å². The topological polar surface area (TPSA) is 11.4 Å². The largest absolute Gasteiger partial charge is 0.337 e. The Labute approximate surface area is 428 Å². The summed E-state index contributed by atoms with van der Waals surface area (Å²) < 4.78 is 2.42. The van der Waals surface area contributed by atoms with E-state index in [1.54, 1.807) is 0 Å². The van der Waals surface area contributed by atoms with E-state index in [1.807, 2.05) is 0 Å². The van der Waals surface area contributed by atoms with Crippen molar-refractivity contribution in [2.24, 2.45) is 0 Å². The van der Waals surface area contributed by atoms with Crippen LogP contribution >= 0.6 is 0 Å². The highest BCUT2D eigenvalue weighted by atomic mass is 28.3. The first-order chi connectivity index (χ1) is 36.1. The normalized spacial score (nSPS) is 14.1. The third-order valence-corrected chi connectivity index (χ3v) is 19.6. The van der Waals surface area contributed by atoms with Gasteiger partial charge in [-0.25, -0.2) is 0 Å². The van der Waals surface area contributed by atoms with Crippen LogP contribution in [-0.4, -0.2) is 19.2 Å². The number of allylic oxidation sites excluding steroid dienone is 3. The number of rotatable bonds is 10. The van der Waals surface area contributed by atoms with Gasteiger partial charge in [-0.05, 0) is 116 Å². The van der Waals surface area contributed by atoms with E-state index in [4.69, 9.17) is 6.58 Å². The molecule has 0 saturated carbocycles. The molecule has 0 aliphatic carbocycles.